The molecule has 0 spiro atoms. The predicted molar refractivity (Wildman–Crippen MR) is 99.1 cm³/mol. The van der Waals surface area contributed by atoms with Crippen LogP contribution in [0.5, 0.6) is 0 Å². The maximum absolute atomic E-state index is 4.71. The van der Waals surface area contributed by atoms with Crippen molar-refractivity contribution in [3.8, 4) is 5.82 Å². The second-order valence-electron chi connectivity index (χ2n) is 6.62. The number of fused-ring (bicyclic) bond motifs is 1. The fourth-order valence-corrected chi connectivity index (χ4v) is 3.11. The molecule has 0 N–H and O–H groups in total. The molecule has 6 nitrogen and oxygen atoms in total. The third-order valence-corrected chi connectivity index (χ3v) is 4.68. The highest BCUT2D eigenvalue weighted by Gasteiger charge is 2.15. The van der Waals surface area contributed by atoms with Crippen LogP contribution in [0.4, 0.5) is 0 Å². The van der Waals surface area contributed by atoms with Gasteiger partial charge in [0.2, 0.25) is 0 Å². The quantitative estimate of drug-likeness (QED) is 0.613. The molecule has 0 unspecified atom stereocenters. The van der Waals surface area contributed by atoms with Crippen LogP contribution in [-0.2, 0) is 6.42 Å². The van der Waals surface area contributed by atoms with Gasteiger partial charge in [0.05, 0.1) is 5.69 Å². The zero-order chi connectivity index (χ0) is 18.0. The van der Waals surface area contributed by atoms with Gasteiger partial charge in [-0.15, -0.1) is 15.3 Å². The number of nitrogens with zero attached hydrogens (tertiary/aromatic N) is 6. The molecule has 3 heterocycles. The molecule has 3 aromatic rings. The summed E-state index contributed by atoms with van der Waals surface area (Å²) in [7, 11) is 0. The number of aromatic nitrogens is 6. The molecule has 0 fully saturated rings. The van der Waals surface area contributed by atoms with E-state index >= 15 is 0 Å². The third-order valence-electron chi connectivity index (χ3n) is 4.68. The number of unbranched alkanes of at least 4 members (excludes halogenated alkanes) is 1. The predicted octanol–water partition coefficient (Wildman–Crippen LogP) is 3.91. The lowest BCUT2D eigenvalue weighted by atomic mass is 10.0. The topological polar surface area (TPSA) is 60.9 Å². The summed E-state index contributed by atoms with van der Waals surface area (Å²) >= 11 is 0. The average Bonchev–Trinajstić information content (AvgIpc) is 3.11. The highest BCUT2D eigenvalue weighted by molar-refractivity contribution is 5.40. The molecule has 0 atom stereocenters. The van der Waals surface area contributed by atoms with Gasteiger partial charge in [-0.1, -0.05) is 25.5 Å². The smallest absolute Gasteiger partial charge is 0.178 e. The van der Waals surface area contributed by atoms with Crippen molar-refractivity contribution in [2.24, 2.45) is 0 Å². The fourth-order valence-electron chi connectivity index (χ4n) is 3.11. The molecular weight excluding hydrogens is 312 g/mol. The number of allylic oxidation sites excluding steroid dienone is 1. The first-order valence-electron chi connectivity index (χ1n) is 8.92. The van der Waals surface area contributed by atoms with Crippen molar-refractivity contribution in [2.45, 2.75) is 59.8 Å². The second kappa shape index (κ2) is 7.17. The Hall–Kier alpha value is -2.50. The Bertz CT molecular complexity index is 902. The normalized spacial score (nSPS) is 11.4. The van der Waals surface area contributed by atoms with Gasteiger partial charge in [-0.05, 0) is 64.2 Å². The number of hydrogen-bond acceptors (Lipinski definition) is 4. The molecule has 0 radical (unpaired) electrons. The maximum Gasteiger partial charge on any atom is 0.178 e. The summed E-state index contributed by atoms with van der Waals surface area (Å²) in [5.41, 5.74) is 5.56. The lowest BCUT2D eigenvalue weighted by Gasteiger charge is -2.07. The molecule has 3 rings (SSSR count). The average molecular weight is 338 g/mol. The van der Waals surface area contributed by atoms with E-state index in [1.807, 2.05) is 23.7 Å². The van der Waals surface area contributed by atoms with Crippen LogP contribution >= 0.6 is 0 Å². The Morgan fingerprint density at radius 3 is 2.64 bits per heavy atom. The molecule has 0 saturated carbocycles. The fraction of sp³-hybridized carbons (Fsp3) is 0.474. The second-order valence-corrected chi connectivity index (χ2v) is 6.62. The minimum Gasteiger partial charge on any atom is -0.217 e. The van der Waals surface area contributed by atoms with E-state index in [0.29, 0.717) is 0 Å². The molecule has 0 aliphatic heterocycles. The largest absolute Gasteiger partial charge is 0.217 e. The zero-order valence-electron chi connectivity index (χ0n) is 15.6. The van der Waals surface area contributed by atoms with Gasteiger partial charge in [-0.3, -0.25) is 0 Å². The Morgan fingerprint density at radius 1 is 1.08 bits per heavy atom. The van der Waals surface area contributed by atoms with E-state index < -0.39 is 0 Å². The lowest BCUT2D eigenvalue weighted by molar-refractivity contribution is 0.746. The van der Waals surface area contributed by atoms with Gasteiger partial charge in [-0.2, -0.15) is 9.61 Å². The van der Waals surface area contributed by atoms with Crippen LogP contribution in [0, 0.1) is 20.8 Å². The number of hydrogen-bond donors (Lipinski definition) is 0. The highest BCUT2D eigenvalue weighted by Crippen LogP contribution is 2.21. The van der Waals surface area contributed by atoms with Crippen LogP contribution in [0.1, 0.15) is 55.4 Å². The van der Waals surface area contributed by atoms with Gasteiger partial charge in [0.25, 0.3) is 0 Å². The molecule has 0 aromatic carbocycles. The van der Waals surface area contributed by atoms with Crippen molar-refractivity contribution in [3.05, 3.63) is 47.1 Å². The van der Waals surface area contributed by atoms with Gasteiger partial charge in [-0.25, -0.2) is 4.68 Å². The summed E-state index contributed by atoms with van der Waals surface area (Å²) in [6.45, 7) is 12.5. The summed E-state index contributed by atoms with van der Waals surface area (Å²) in [4.78, 5) is 0. The maximum atomic E-state index is 4.71. The van der Waals surface area contributed by atoms with Crippen molar-refractivity contribution >= 4 is 5.65 Å². The van der Waals surface area contributed by atoms with Gasteiger partial charge < -0.3 is 0 Å². The first-order chi connectivity index (χ1) is 12.0. The van der Waals surface area contributed by atoms with E-state index in [-0.39, 0.29) is 0 Å². The molecule has 6 heteroatoms. The molecule has 3 aromatic heterocycles. The summed E-state index contributed by atoms with van der Waals surface area (Å²) < 4.78 is 3.66. The van der Waals surface area contributed by atoms with Crippen molar-refractivity contribution in [3.63, 3.8) is 0 Å². The van der Waals surface area contributed by atoms with Crippen molar-refractivity contribution < 1.29 is 0 Å². The SMILES string of the molecule is C=C(CCCC)CCc1c(C)nn(-c2ccc3nnc(C)n3n2)c1C. The van der Waals surface area contributed by atoms with E-state index in [2.05, 4.69) is 42.6 Å². The standard InChI is InChI=1S/C19H26N6/c1-6-7-8-13(2)9-10-17-14(3)22-24(15(17)4)19-12-11-18-21-20-16(5)25(18)23-19/h11-12H,2,6-10H2,1,3-5H3. The van der Waals surface area contributed by atoms with E-state index in [9.17, 15) is 0 Å². The van der Waals surface area contributed by atoms with Gasteiger partial charge in [0.1, 0.15) is 0 Å². The molecule has 0 bridgehead atoms. The Labute approximate surface area is 148 Å². The minimum atomic E-state index is 0.746. The molecule has 0 aliphatic rings. The summed E-state index contributed by atoms with van der Waals surface area (Å²) in [6.07, 6.45) is 5.55. The van der Waals surface area contributed by atoms with Crippen LogP contribution in [-0.4, -0.2) is 29.6 Å². The summed E-state index contributed by atoms with van der Waals surface area (Å²) in [5, 5.41) is 17.5. The summed E-state index contributed by atoms with van der Waals surface area (Å²) in [6, 6.07) is 3.86. The van der Waals surface area contributed by atoms with E-state index in [0.717, 1.165) is 47.9 Å². The number of aryl methyl sites for hydroxylation is 2. The van der Waals surface area contributed by atoms with Gasteiger partial charge >= 0.3 is 0 Å². The van der Waals surface area contributed by atoms with Gasteiger partial charge in [0.15, 0.2) is 17.3 Å². The Kier molecular flexibility index (Phi) is 4.97. The first-order valence-corrected chi connectivity index (χ1v) is 8.92. The van der Waals surface area contributed by atoms with Gasteiger partial charge in [0, 0.05) is 5.69 Å². The molecule has 0 saturated heterocycles. The van der Waals surface area contributed by atoms with Crippen LogP contribution in [0.15, 0.2) is 24.3 Å². The van der Waals surface area contributed by atoms with Crippen LogP contribution in [0.25, 0.3) is 11.5 Å². The number of rotatable bonds is 7. The van der Waals surface area contributed by atoms with E-state index in [1.165, 1.54) is 24.0 Å². The monoisotopic (exact) mass is 338 g/mol. The van der Waals surface area contributed by atoms with Crippen molar-refractivity contribution in [1.29, 1.82) is 0 Å². The van der Waals surface area contributed by atoms with Crippen LogP contribution in [0.3, 0.4) is 0 Å². The van der Waals surface area contributed by atoms with Crippen molar-refractivity contribution in [2.75, 3.05) is 0 Å². The third kappa shape index (κ3) is 3.48. The Balaban J connectivity index is 1.85. The molecule has 25 heavy (non-hydrogen) atoms. The molecular formula is C19H26N6. The molecule has 132 valence electrons. The van der Waals surface area contributed by atoms with Crippen molar-refractivity contribution in [1.82, 2.24) is 29.6 Å². The first kappa shape index (κ1) is 17.3. The van der Waals surface area contributed by atoms with Crippen LogP contribution < -0.4 is 0 Å². The highest BCUT2D eigenvalue weighted by atomic mass is 15.4. The van der Waals surface area contributed by atoms with Crippen LogP contribution in [0.2, 0.25) is 0 Å². The zero-order valence-corrected chi connectivity index (χ0v) is 15.6. The van der Waals surface area contributed by atoms with E-state index in [1.54, 1.807) is 4.52 Å². The summed E-state index contributed by atoms with van der Waals surface area (Å²) in [5.74, 6) is 1.55. The molecule has 0 aliphatic carbocycles. The lowest BCUT2D eigenvalue weighted by Crippen LogP contribution is -2.06. The Morgan fingerprint density at radius 2 is 1.88 bits per heavy atom. The minimum absolute atomic E-state index is 0.746. The van der Waals surface area contributed by atoms with E-state index in [4.69, 9.17) is 5.10 Å². The molecule has 0 amide bonds.